The van der Waals surface area contributed by atoms with E-state index in [-0.39, 0.29) is 67.3 Å². The number of nitrogens with one attached hydrogen (secondary N) is 3. The average Bonchev–Trinajstić information content (AvgIpc) is 3.49. The first kappa shape index (κ1) is 27.6. The van der Waals surface area contributed by atoms with Crippen LogP contribution in [0.4, 0.5) is 17.6 Å². The molecule has 41 heavy (non-hydrogen) atoms. The predicted molar refractivity (Wildman–Crippen MR) is 138 cm³/mol. The number of hydrogen-bond donors (Lipinski definition) is 3. The van der Waals surface area contributed by atoms with Crippen LogP contribution < -0.4 is 10.6 Å². The van der Waals surface area contributed by atoms with E-state index in [0.717, 1.165) is 18.4 Å². The first-order valence-electron chi connectivity index (χ1n) is 14.1. The summed E-state index contributed by atoms with van der Waals surface area (Å²) in [5, 5.41) is 13.1. The van der Waals surface area contributed by atoms with E-state index in [1.807, 2.05) is 12.1 Å². The Morgan fingerprint density at radius 2 is 1.80 bits per heavy atom. The van der Waals surface area contributed by atoms with Crippen molar-refractivity contribution in [1.82, 2.24) is 30.9 Å². The summed E-state index contributed by atoms with van der Waals surface area (Å²) in [4.78, 5) is 33.6. The number of nitrogens with zero attached hydrogens (tertiary/aromatic N) is 3. The molecule has 3 aliphatic rings. The van der Waals surface area contributed by atoms with Crippen molar-refractivity contribution in [3.05, 3.63) is 41.0 Å². The number of fused-ring (bicyclic) bond motifs is 1. The lowest BCUT2D eigenvalue weighted by Crippen LogP contribution is -2.39. The van der Waals surface area contributed by atoms with Gasteiger partial charge >= 0.3 is 0 Å². The summed E-state index contributed by atoms with van der Waals surface area (Å²) < 4.78 is 59.9. The Bertz CT molecular complexity index is 1440. The van der Waals surface area contributed by atoms with Crippen LogP contribution in [-0.4, -0.2) is 43.9 Å². The standard InChI is InChI=1S/C28H32F4N6O3/c1-14-22(38-41-37-14)26(40)36-24(18-3-2-8-27(29,30)13-18)25-33-19-7-6-17(10-20(19)34-25)23(16-4-5-16)35-21(39)9-15-11-28(31,32)12-15/h6-7,10,15-16,18,23-24H,2-5,8-9,11-13H2,1H3,(H,33,34)(H,35,39)(H,36,40)/t18-,23?,24?/m0/s1. The van der Waals surface area contributed by atoms with Crippen molar-refractivity contribution >= 4 is 22.8 Å². The van der Waals surface area contributed by atoms with Gasteiger partial charge in [0.1, 0.15) is 11.5 Å². The normalized spacial score (nSPS) is 23.5. The van der Waals surface area contributed by atoms with Gasteiger partial charge in [0, 0.05) is 32.1 Å². The summed E-state index contributed by atoms with van der Waals surface area (Å²) in [5.41, 5.74) is 2.32. The number of hydrogen-bond acceptors (Lipinski definition) is 6. The Labute approximate surface area is 233 Å². The van der Waals surface area contributed by atoms with Gasteiger partial charge in [-0.25, -0.2) is 27.2 Å². The largest absolute Gasteiger partial charge is 0.349 e. The molecule has 0 radical (unpaired) electrons. The molecule has 0 saturated heterocycles. The van der Waals surface area contributed by atoms with Crippen molar-refractivity contribution in [2.24, 2.45) is 17.8 Å². The zero-order chi connectivity index (χ0) is 28.9. The second-order valence-corrected chi connectivity index (χ2v) is 12.0. The molecule has 2 amide bonds. The van der Waals surface area contributed by atoms with E-state index < -0.39 is 29.7 Å². The zero-order valence-electron chi connectivity index (χ0n) is 22.6. The Balaban J connectivity index is 1.24. The van der Waals surface area contributed by atoms with Crippen LogP contribution in [0.3, 0.4) is 0 Å². The predicted octanol–water partition coefficient (Wildman–Crippen LogP) is 5.55. The third-order valence-electron chi connectivity index (χ3n) is 8.54. The summed E-state index contributed by atoms with van der Waals surface area (Å²) in [6.07, 6.45) is 1.67. The first-order chi connectivity index (χ1) is 19.5. The Kier molecular flexibility index (Phi) is 7.01. The highest BCUT2D eigenvalue weighted by Gasteiger charge is 2.46. The van der Waals surface area contributed by atoms with E-state index in [1.165, 1.54) is 0 Å². The number of amides is 2. The second kappa shape index (κ2) is 10.4. The fourth-order valence-electron chi connectivity index (χ4n) is 6.27. The van der Waals surface area contributed by atoms with Crippen molar-refractivity contribution in [2.45, 2.75) is 88.6 Å². The molecule has 3 aromatic rings. The molecule has 0 bridgehead atoms. The number of aromatic nitrogens is 4. The van der Waals surface area contributed by atoms with Crippen LogP contribution >= 0.6 is 0 Å². The Hall–Kier alpha value is -3.51. The van der Waals surface area contributed by atoms with Gasteiger partial charge in [0.2, 0.25) is 17.8 Å². The van der Waals surface area contributed by atoms with Gasteiger partial charge in [0.05, 0.1) is 23.1 Å². The fraction of sp³-hybridized carbons (Fsp3) is 0.607. The highest BCUT2D eigenvalue weighted by atomic mass is 19.3. The van der Waals surface area contributed by atoms with Gasteiger partial charge < -0.3 is 15.6 Å². The van der Waals surface area contributed by atoms with Gasteiger partial charge in [0.15, 0.2) is 5.69 Å². The summed E-state index contributed by atoms with van der Waals surface area (Å²) in [7, 11) is 0. The van der Waals surface area contributed by atoms with E-state index in [4.69, 9.17) is 0 Å². The van der Waals surface area contributed by atoms with Crippen LogP contribution in [-0.2, 0) is 4.79 Å². The molecule has 2 unspecified atom stereocenters. The molecule has 2 heterocycles. The van der Waals surface area contributed by atoms with E-state index in [2.05, 4.69) is 35.5 Å². The number of H-pyrrole nitrogens is 1. The number of aryl methyl sites for hydroxylation is 1. The van der Waals surface area contributed by atoms with Crippen molar-refractivity contribution < 1.29 is 31.8 Å². The molecule has 3 saturated carbocycles. The Morgan fingerprint density at radius 3 is 2.46 bits per heavy atom. The van der Waals surface area contributed by atoms with E-state index in [1.54, 1.807) is 13.0 Å². The van der Waals surface area contributed by atoms with Crippen LogP contribution in [0.15, 0.2) is 22.8 Å². The summed E-state index contributed by atoms with van der Waals surface area (Å²) in [6.45, 7) is 1.56. The minimum absolute atomic E-state index is 0.0235. The van der Waals surface area contributed by atoms with Crippen LogP contribution in [0.1, 0.15) is 97.4 Å². The maximum atomic E-state index is 14.4. The van der Waals surface area contributed by atoms with Crippen LogP contribution in [0, 0.1) is 24.7 Å². The minimum atomic E-state index is -2.85. The molecular formula is C28H32F4N6O3. The molecule has 0 spiro atoms. The lowest BCUT2D eigenvalue weighted by Gasteiger charge is -2.34. The number of carbonyl (C=O) groups is 2. The van der Waals surface area contributed by atoms with Crippen molar-refractivity contribution in [3.8, 4) is 0 Å². The molecule has 9 nitrogen and oxygen atoms in total. The SMILES string of the molecule is Cc1nonc1C(=O)NC(c1nc2ccc(C(NC(=O)CC3CC(F)(F)C3)C3CC3)cc2[nH]1)[C@H]1CCCC(F)(F)C1. The molecule has 3 fully saturated rings. The van der Waals surface area contributed by atoms with E-state index in [9.17, 15) is 27.2 Å². The van der Waals surface area contributed by atoms with Crippen LogP contribution in [0.5, 0.6) is 0 Å². The maximum absolute atomic E-state index is 14.4. The van der Waals surface area contributed by atoms with Crippen molar-refractivity contribution in [2.75, 3.05) is 0 Å². The molecule has 3 aliphatic carbocycles. The number of imidazole rings is 1. The maximum Gasteiger partial charge on any atom is 0.276 e. The lowest BCUT2D eigenvalue weighted by atomic mass is 9.79. The van der Waals surface area contributed by atoms with E-state index >= 15 is 0 Å². The van der Waals surface area contributed by atoms with Gasteiger partial charge in [0.25, 0.3) is 5.91 Å². The van der Waals surface area contributed by atoms with E-state index in [0.29, 0.717) is 29.7 Å². The number of rotatable bonds is 9. The molecular weight excluding hydrogens is 544 g/mol. The van der Waals surface area contributed by atoms with Gasteiger partial charge in [-0.1, -0.05) is 11.2 Å². The highest BCUT2D eigenvalue weighted by Crippen LogP contribution is 2.46. The monoisotopic (exact) mass is 576 g/mol. The third kappa shape index (κ3) is 6.08. The van der Waals surface area contributed by atoms with Gasteiger partial charge in [-0.3, -0.25) is 9.59 Å². The highest BCUT2D eigenvalue weighted by molar-refractivity contribution is 5.93. The average molecular weight is 577 g/mol. The zero-order valence-corrected chi connectivity index (χ0v) is 22.6. The third-order valence-corrected chi connectivity index (χ3v) is 8.54. The summed E-state index contributed by atoms with van der Waals surface area (Å²) in [5.74, 6) is -6.63. The summed E-state index contributed by atoms with van der Waals surface area (Å²) >= 11 is 0. The molecule has 220 valence electrons. The van der Waals surface area contributed by atoms with Gasteiger partial charge in [-0.15, -0.1) is 0 Å². The molecule has 2 aromatic heterocycles. The molecule has 6 rings (SSSR count). The van der Waals surface area contributed by atoms with Crippen LogP contribution in [0.2, 0.25) is 0 Å². The quantitative estimate of drug-likeness (QED) is 0.287. The molecule has 1 aromatic carbocycles. The number of carbonyl (C=O) groups excluding carboxylic acids is 2. The van der Waals surface area contributed by atoms with Crippen molar-refractivity contribution in [3.63, 3.8) is 0 Å². The molecule has 3 atom stereocenters. The fourth-order valence-corrected chi connectivity index (χ4v) is 6.27. The van der Waals surface area contributed by atoms with Crippen molar-refractivity contribution in [1.29, 1.82) is 0 Å². The Morgan fingerprint density at radius 1 is 1.02 bits per heavy atom. The molecule has 3 N–H and O–H groups in total. The number of halogens is 4. The molecule has 0 aliphatic heterocycles. The summed E-state index contributed by atoms with van der Waals surface area (Å²) in [6, 6.07) is 4.42. The van der Waals surface area contributed by atoms with Crippen LogP contribution in [0.25, 0.3) is 11.0 Å². The minimum Gasteiger partial charge on any atom is -0.349 e. The van der Waals surface area contributed by atoms with Gasteiger partial charge in [-0.05, 0) is 73.2 Å². The number of benzene rings is 1. The topological polar surface area (TPSA) is 126 Å². The smallest absolute Gasteiger partial charge is 0.276 e. The molecule has 13 heteroatoms. The lowest BCUT2D eigenvalue weighted by molar-refractivity contribution is -0.134. The second-order valence-electron chi connectivity index (χ2n) is 12.0. The number of aromatic amines is 1. The number of alkyl halides is 4. The first-order valence-corrected chi connectivity index (χ1v) is 14.1. The van der Waals surface area contributed by atoms with Gasteiger partial charge in [-0.2, -0.15) is 0 Å².